The summed E-state index contributed by atoms with van der Waals surface area (Å²) in [6.45, 7) is 3.18. The average molecular weight is 706 g/mol. The Hall–Kier alpha value is -0.990. The number of carbonyl (C=O) groups excluding carboxylic acids is 2. The van der Waals surface area contributed by atoms with Crippen LogP contribution in [0.2, 0.25) is 0 Å². The van der Waals surface area contributed by atoms with Gasteiger partial charge >= 0.3 is 11.9 Å². The predicted molar refractivity (Wildman–Crippen MR) is 195 cm³/mol. The zero-order valence-electron chi connectivity index (χ0n) is 32.0. The SMILES string of the molecule is CCCCCCCCCCCCCCCCCCCCCCCCCCCC(=O)OC[C@H](COP(=O)([O-])OCC[N+](C)(C)C)OC(C)=O. The van der Waals surface area contributed by atoms with Gasteiger partial charge in [0, 0.05) is 13.3 Å². The summed E-state index contributed by atoms with van der Waals surface area (Å²) in [5.74, 6) is -1.02. The summed E-state index contributed by atoms with van der Waals surface area (Å²) in [5, 5.41) is 0. The Morgan fingerprint density at radius 1 is 0.604 bits per heavy atom. The summed E-state index contributed by atoms with van der Waals surface area (Å²) >= 11 is 0. The number of hydrogen-bond donors (Lipinski definition) is 0. The van der Waals surface area contributed by atoms with Gasteiger partial charge in [-0.05, 0) is 6.42 Å². The zero-order chi connectivity index (χ0) is 35.8. The minimum Gasteiger partial charge on any atom is -0.756 e. The molecule has 286 valence electrons. The fourth-order valence-corrected chi connectivity index (χ4v) is 6.38. The number of phosphoric ester groups is 1. The summed E-state index contributed by atoms with van der Waals surface area (Å²) in [6.07, 6.45) is 32.6. The van der Waals surface area contributed by atoms with E-state index in [1.165, 1.54) is 148 Å². The van der Waals surface area contributed by atoms with E-state index in [1.807, 2.05) is 21.1 Å². The Bertz CT molecular complexity index is 804. The highest BCUT2D eigenvalue weighted by Crippen LogP contribution is 2.38. The van der Waals surface area contributed by atoms with E-state index in [2.05, 4.69) is 6.92 Å². The smallest absolute Gasteiger partial charge is 0.305 e. The topological polar surface area (TPSA) is 111 Å². The standard InChI is InChI=1S/C38H76NO8P/c1-6-7-8-9-10-11-12-13-14-15-16-17-18-19-20-21-22-23-24-25-26-27-28-29-30-31-38(41)44-34-37(47-36(2)40)35-46-48(42,43)45-33-32-39(3,4)5/h37H,6-35H2,1-5H3/t37-/m1/s1. The van der Waals surface area contributed by atoms with Crippen molar-refractivity contribution in [2.75, 3.05) is 47.5 Å². The van der Waals surface area contributed by atoms with Gasteiger partial charge in [-0.15, -0.1) is 0 Å². The van der Waals surface area contributed by atoms with E-state index >= 15 is 0 Å². The maximum absolute atomic E-state index is 12.2. The van der Waals surface area contributed by atoms with Crippen LogP contribution in [0.4, 0.5) is 0 Å². The molecule has 0 bridgehead atoms. The van der Waals surface area contributed by atoms with E-state index in [-0.39, 0.29) is 19.6 Å². The number of esters is 2. The van der Waals surface area contributed by atoms with Gasteiger partial charge in [0.1, 0.15) is 19.8 Å². The maximum atomic E-state index is 12.2. The molecule has 0 saturated heterocycles. The van der Waals surface area contributed by atoms with Crippen molar-refractivity contribution in [1.82, 2.24) is 0 Å². The Balaban J connectivity index is 3.59. The van der Waals surface area contributed by atoms with Crippen molar-refractivity contribution < 1.29 is 42.1 Å². The van der Waals surface area contributed by atoms with Crippen LogP contribution in [0.25, 0.3) is 0 Å². The fourth-order valence-electron chi connectivity index (χ4n) is 5.66. The van der Waals surface area contributed by atoms with Gasteiger partial charge < -0.3 is 27.9 Å². The van der Waals surface area contributed by atoms with Crippen LogP contribution in [0.15, 0.2) is 0 Å². The van der Waals surface area contributed by atoms with Crippen molar-refractivity contribution >= 4 is 19.8 Å². The minimum absolute atomic E-state index is 0.0306. The van der Waals surface area contributed by atoms with Crippen LogP contribution in [0.5, 0.6) is 0 Å². The normalized spacial score (nSPS) is 13.7. The van der Waals surface area contributed by atoms with Crippen molar-refractivity contribution in [2.45, 2.75) is 187 Å². The Morgan fingerprint density at radius 3 is 1.33 bits per heavy atom. The molecule has 0 aromatic carbocycles. The van der Waals surface area contributed by atoms with Crippen molar-refractivity contribution in [2.24, 2.45) is 0 Å². The van der Waals surface area contributed by atoms with Gasteiger partial charge in [0.05, 0.1) is 27.7 Å². The third-order valence-electron chi connectivity index (χ3n) is 8.68. The minimum atomic E-state index is -4.57. The van der Waals surface area contributed by atoms with Crippen LogP contribution < -0.4 is 4.89 Å². The van der Waals surface area contributed by atoms with Crippen molar-refractivity contribution in [3.05, 3.63) is 0 Å². The van der Waals surface area contributed by atoms with Gasteiger partial charge in [0.15, 0.2) is 6.10 Å². The Kier molecular flexibility index (Phi) is 31.3. The van der Waals surface area contributed by atoms with Crippen LogP contribution in [0, 0.1) is 0 Å². The molecule has 0 aliphatic heterocycles. The highest BCUT2D eigenvalue weighted by atomic mass is 31.2. The summed E-state index contributed by atoms with van der Waals surface area (Å²) < 4.78 is 32.5. The fraction of sp³-hybridized carbons (Fsp3) is 0.947. The molecule has 0 rings (SSSR count). The van der Waals surface area contributed by atoms with Crippen molar-refractivity contribution in [3.8, 4) is 0 Å². The highest BCUT2D eigenvalue weighted by molar-refractivity contribution is 7.45. The summed E-state index contributed by atoms with van der Waals surface area (Å²) in [7, 11) is 1.17. The number of likely N-dealkylation sites (N-methyl/N-ethyl adjacent to an activating group) is 1. The second-order valence-electron chi connectivity index (χ2n) is 14.7. The lowest BCUT2D eigenvalue weighted by molar-refractivity contribution is -0.870. The van der Waals surface area contributed by atoms with Crippen LogP contribution >= 0.6 is 7.82 Å². The number of ether oxygens (including phenoxy) is 2. The largest absolute Gasteiger partial charge is 0.756 e. The zero-order valence-corrected chi connectivity index (χ0v) is 32.8. The van der Waals surface area contributed by atoms with Gasteiger partial charge in [-0.1, -0.05) is 161 Å². The second kappa shape index (κ2) is 32.0. The van der Waals surface area contributed by atoms with E-state index in [4.69, 9.17) is 18.5 Å². The lowest BCUT2D eigenvalue weighted by atomic mass is 10.0. The van der Waals surface area contributed by atoms with E-state index in [1.54, 1.807) is 0 Å². The molecule has 9 nitrogen and oxygen atoms in total. The predicted octanol–water partition coefficient (Wildman–Crippen LogP) is 9.83. The average Bonchev–Trinajstić information content (AvgIpc) is 3.01. The molecule has 0 aliphatic rings. The lowest BCUT2D eigenvalue weighted by Gasteiger charge is -2.28. The van der Waals surface area contributed by atoms with Crippen LogP contribution in [-0.2, 0) is 32.7 Å². The maximum Gasteiger partial charge on any atom is 0.305 e. The molecule has 0 saturated carbocycles. The number of hydrogen-bond acceptors (Lipinski definition) is 8. The molecule has 10 heteroatoms. The molecule has 48 heavy (non-hydrogen) atoms. The van der Waals surface area contributed by atoms with Gasteiger partial charge in [0.25, 0.3) is 7.82 Å². The second-order valence-corrected chi connectivity index (χ2v) is 16.2. The third kappa shape index (κ3) is 36.3. The first kappa shape index (κ1) is 47.0. The monoisotopic (exact) mass is 706 g/mol. The third-order valence-corrected chi connectivity index (χ3v) is 9.64. The first-order valence-corrected chi connectivity index (χ1v) is 21.1. The number of rotatable bonds is 36. The number of carbonyl (C=O) groups is 2. The molecular weight excluding hydrogens is 629 g/mol. The summed E-state index contributed by atoms with van der Waals surface area (Å²) in [6, 6.07) is 0. The van der Waals surface area contributed by atoms with Crippen LogP contribution in [0.1, 0.15) is 181 Å². The highest BCUT2D eigenvalue weighted by Gasteiger charge is 2.20. The molecule has 0 spiro atoms. The van der Waals surface area contributed by atoms with E-state index in [0.29, 0.717) is 11.0 Å². The molecule has 0 N–H and O–H groups in total. The molecule has 0 radical (unpaired) electrons. The Morgan fingerprint density at radius 2 is 0.979 bits per heavy atom. The van der Waals surface area contributed by atoms with E-state index in [9.17, 15) is 19.0 Å². The first-order chi connectivity index (χ1) is 22.9. The van der Waals surface area contributed by atoms with E-state index < -0.39 is 32.5 Å². The molecule has 0 aromatic rings. The molecule has 0 amide bonds. The number of unbranched alkanes of at least 4 members (excludes halogenated alkanes) is 24. The summed E-state index contributed by atoms with van der Waals surface area (Å²) in [4.78, 5) is 35.6. The number of nitrogens with zero attached hydrogens (tertiary/aromatic N) is 1. The van der Waals surface area contributed by atoms with Gasteiger partial charge in [0.2, 0.25) is 0 Å². The first-order valence-electron chi connectivity index (χ1n) is 19.7. The molecular formula is C38H76NO8P. The number of quaternary nitrogens is 1. The van der Waals surface area contributed by atoms with E-state index in [0.717, 1.165) is 19.3 Å². The van der Waals surface area contributed by atoms with Crippen molar-refractivity contribution in [1.29, 1.82) is 0 Å². The quantitative estimate of drug-likeness (QED) is 0.0274. The Labute approximate surface area is 295 Å². The summed E-state index contributed by atoms with van der Waals surface area (Å²) in [5.41, 5.74) is 0. The number of phosphoric acid groups is 1. The molecule has 0 aromatic heterocycles. The van der Waals surface area contributed by atoms with Crippen LogP contribution in [-0.4, -0.2) is 70.0 Å². The molecule has 0 aliphatic carbocycles. The van der Waals surface area contributed by atoms with Gasteiger partial charge in [-0.2, -0.15) is 0 Å². The van der Waals surface area contributed by atoms with Crippen LogP contribution in [0.3, 0.4) is 0 Å². The van der Waals surface area contributed by atoms with Gasteiger partial charge in [-0.25, -0.2) is 0 Å². The van der Waals surface area contributed by atoms with Gasteiger partial charge in [-0.3, -0.25) is 14.2 Å². The molecule has 2 atom stereocenters. The molecule has 0 fully saturated rings. The molecule has 0 heterocycles. The van der Waals surface area contributed by atoms with Crippen molar-refractivity contribution in [3.63, 3.8) is 0 Å². The molecule has 1 unspecified atom stereocenters. The lowest BCUT2D eigenvalue weighted by Crippen LogP contribution is -2.37.